The maximum atomic E-state index is 11.0. The van der Waals surface area contributed by atoms with E-state index in [9.17, 15) is 4.79 Å². The van der Waals surface area contributed by atoms with Gasteiger partial charge in [0.15, 0.2) is 0 Å². The van der Waals surface area contributed by atoms with Crippen molar-refractivity contribution in [1.82, 2.24) is 4.42 Å². The molecule has 1 unspecified atom stereocenters. The Morgan fingerprint density at radius 3 is 2.91 bits per heavy atom. The summed E-state index contributed by atoms with van der Waals surface area (Å²) >= 11 is 5.72. The monoisotopic (exact) mass is 175 g/mol. The van der Waals surface area contributed by atoms with Gasteiger partial charge in [-0.2, -0.15) is 0 Å². The molecular formula is C7H10ClNO2. The standard InChI is InChI=1S/C7H10ClNO2/c1-5-3-6(7(10)11-2)9(8)4-5/h6H,1,3-4H2,2H3. The topological polar surface area (TPSA) is 29.5 Å². The molecule has 0 aliphatic carbocycles. The average molecular weight is 176 g/mol. The van der Waals surface area contributed by atoms with Crippen LogP contribution in [0.25, 0.3) is 0 Å². The van der Waals surface area contributed by atoms with E-state index in [1.165, 1.54) is 11.5 Å². The summed E-state index contributed by atoms with van der Waals surface area (Å²) in [5.74, 6) is -0.293. The van der Waals surface area contributed by atoms with E-state index in [1.54, 1.807) is 0 Å². The number of hydrogen-bond acceptors (Lipinski definition) is 3. The second kappa shape index (κ2) is 3.24. The summed E-state index contributed by atoms with van der Waals surface area (Å²) < 4.78 is 5.97. The molecule has 1 fully saturated rings. The van der Waals surface area contributed by atoms with E-state index < -0.39 is 0 Å². The Balaban J connectivity index is 2.59. The summed E-state index contributed by atoms with van der Waals surface area (Å²) in [5, 5.41) is 0. The number of carbonyl (C=O) groups is 1. The van der Waals surface area contributed by atoms with Crippen molar-refractivity contribution in [2.45, 2.75) is 12.5 Å². The second-order valence-corrected chi connectivity index (χ2v) is 2.99. The molecule has 1 saturated heterocycles. The van der Waals surface area contributed by atoms with Gasteiger partial charge in [-0.3, -0.25) is 4.79 Å². The van der Waals surface area contributed by atoms with Crippen LogP contribution in [-0.4, -0.2) is 30.1 Å². The molecule has 0 aromatic heterocycles. The number of esters is 1. The third kappa shape index (κ3) is 1.73. The van der Waals surface area contributed by atoms with Crippen LogP contribution in [0.5, 0.6) is 0 Å². The second-order valence-electron chi connectivity index (χ2n) is 2.55. The van der Waals surface area contributed by atoms with Crippen molar-refractivity contribution in [1.29, 1.82) is 0 Å². The quantitative estimate of drug-likeness (QED) is 0.338. The molecule has 62 valence electrons. The summed E-state index contributed by atoms with van der Waals surface area (Å²) in [7, 11) is 1.36. The van der Waals surface area contributed by atoms with E-state index in [2.05, 4.69) is 11.3 Å². The highest BCUT2D eigenvalue weighted by molar-refractivity contribution is 6.15. The van der Waals surface area contributed by atoms with E-state index in [-0.39, 0.29) is 12.0 Å². The van der Waals surface area contributed by atoms with Crippen LogP contribution in [0.3, 0.4) is 0 Å². The minimum absolute atomic E-state index is 0.293. The lowest BCUT2D eigenvalue weighted by atomic mass is 10.2. The molecule has 0 aromatic carbocycles. The van der Waals surface area contributed by atoms with Gasteiger partial charge in [0.25, 0.3) is 0 Å². The Hall–Kier alpha value is -0.540. The number of rotatable bonds is 1. The van der Waals surface area contributed by atoms with Gasteiger partial charge in [-0.15, -0.1) is 0 Å². The third-order valence-corrected chi connectivity index (χ3v) is 2.02. The van der Waals surface area contributed by atoms with Gasteiger partial charge in [0.1, 0.15) is 6.04 Å². The highest BCUT2D eigenvalue weighted by atomic mass is 35.5. The predicted octanol–water partition coefficient (Wildman–Crippen LogP) is 0.944. The lowest BCUT2D eigenvalue weighted by molar-refractivity contribution is -0.144. The predicted molar refractivity (Wildman–Crippen MR) is 42.1 cm³/mol. The molecule has 1 aliphatic rings. The Morgan fingerprint density at radius 1 is 1.91 bits per heavy atom. The fourth-order valence-electron chi connectivity index (χ4n) is 1.09. The smallest absolute Gasteiger partial charge is 0.324 e. The zero-order valence-electron chi connectivity index (χ0n) is 6.34. The molecule has 1 heterocycles. The molecule has 3 nitrogen and oxygen atoms in total. The minimum atomic E-state index is -0.339. The van der Waals surface area contributed by atoms with Gasteiger partial charge in [-0.1, -0.05) is 12.2 Å². The summed E-state index contributed by atoms with van der Waals surface area (Å²) in [5.41, 5.74) is 0.968. The van der Waals surface area contributed by atoms with Gasteiger partial charge < -0.3 is 4.74 Å². The first kappa shape index (κ1) is 8.56. The van der Waals surface area contributed by atoms with Crippen LogP contribution in [0.1, 0.15) is 6.42 Å². The van der Waals surface area contributed by atoms with Crippen LogP contribution < -0.4 is 0 Å². The van der Waals surface area contributed by atoms with Gasteiger partial charge in [-0.25, -0.2) is 4.42 Å². The first-order valence-electron chi connectivity index (χ1n) is 3.32. The largest absolute Gasteiger partial charge is 0.468 e. The zero-order valence-corrected chi connectivity index (χ0v) is 7.10. The summed E-state index contributed by atoms with van der Waals surface area (Å²) in [6.45, 7) is 4.31. The molecule has 0 N–H and O–H groups in total. The molecule has 0 aromatic rings. The summed E-state index contributed by atoms with van der Waals surface area (Å²) in [4.78, 5) is 11.0. The van der Waals surface area contributed by atoms with Crippen molar-refractivity contribution >= 4 is 17.7 Å². The van der Waals surface area contributed by atoms with Crippen molar-refractivity contribution in [3.05, 3.63) is 12.2 Å². The van der Waals surface area contributed by atoms with Crippen LogP contribution in [0, 0.1) is 0 Å². The zero-order chi connectivity index (χ0) is 8.43. The SMILES string of the molecule is C=C1CC(C(=O)OC)N(Cl)C1. The van der Waals surface area contributed by atoms with Crippen molar-refractivity contribution in [3.8, 4) is 0 Å². The Kier molecular flexibility index (Phi) is 2.52. The van der Waals surface area contributed by atoms with E-state index >= 15 is 0 Å². The molecular weight excluding hydrogens is 166 g/mol. The number of carbonyl (C=O) groups excluding carboxylic acids is 1. The fraction of sp³-hybridized carbons (Fsp3) is 0.571. The highest BCUT2D eigenvalue weighted by Crippen LogP contribution is 2.23. The first-order chi connectivity index (χ1) is 5.15. The molecule has 0 bridgehead atoms. The molecule has 11 heavy (non-hydrogen) atoms. The Bertz CT molecular complexity index is 193. The fourth-order valence-corrected chi connectivity index (χ4v) is 1.41. The van der Waals surface area contributed by atoms with E-state index in [0.29, 0.717) is 13.0 Å². The molecule has 1 atom stereocenters. The summed E-state index contributed by atoms with van der Waals surface area (Å²) in [6.07, 6.45) is 0.607. The maximum Gasteiger partial charge on any atom is 0.324 e. The molecule has 0 amide bonds. The minimum Gasteiger partial charge on any atom is -0.468 e. The molecule has 0 saturated carbocycles. The van der Waals surface area contributed by atoms with Gasteiger partial charge >= 0.3 is 5.97 Å². The molecule has 0 radical (unpaired) electrons. The van der Waals surface area contributed by atoms with Crippen LogP contribution in [0.2, 0.25) is 0 Å². The number of hydrogen-bond donors (Lipinski definition) is 0. The van der Waals surface area contributed by atoms with Crippen LogP contribution >= 0.6 is 11.8 Å². The molecule has 1 aliphatic heterocycles. The van der Waals surface area contributed by atoms with Crippen LogP contribution in [0.15, 0.2) is 12.2 Å². The maximum absolute atomic E-state index is 11.0. The first-order valence-corrected chi connectivity index (χ1v) is 3.66. The van der Waals surface area contributed by atoms with Gasteiger partial charge in [0.05, 0.1) is 7.11 Å². The average Bonchev–Trinajstić information content (AvgIpc) is 2.28. The van der Waals surface area contributed by atoms with Crippen LogP contribution in [0.4, 0.5) is 0 Å². The van der Waals surface area contributed by atoms with Gasteiger partial charge in [0, 0.05) is 6.54 Å². The van der Waals surface area contributed by atoms with Crippen molar-refractivity contribution in [2.75, 3.05) is 13.7 Å². The lowest BCUT2D eigenvalue weighted by Crippen LogP contribution is -2.30. The third-order valence-electron chi connectivity index (χ3n) is 1.67. The van der Waals surface area contributed by atoms with Gasteiger partial charge in [-0.05, 0) is 18.2 Å². The highest BCUT2D eigenvalue weighted by Gasteiger charge is 2.32. The Morgan fingerprint density at radius 2 is 2.55 bits per heavy atom. The Labute approximate surface area is 70.7 Å². The van der Waals surface area contributed by atoms with E-state index in [4.69, 9.17) is 11.8 Å². The number of nitrogens with zero attached hydrogens (tertiary/aromatic N) is 1. The van der Waals surface area contributed by atoms with E-state index in [0.717, 1.165) is 5.57 Å². The van der Waals surface area contributed by atoms with Gasteiger partial charge in [0.2, 0.25) is 0 Å². The number of ether oxygens (including phenoxy) is 1. The van der Waals surface area contributed by atoms with Crippen molar-refractivity contribution in [2.24, 2.45) is 0 Å². The summed E-state index contributed by atoms with van der Waals surface area (Å²) in [6, 6.07) is -0.339. The number of halogens is 1. The molecule has 0 spiro atoms. The van der Waals surface area contributed by atoms with Crippen LogP contribution in [-0.2, 0) is 9.53 Å². The molecule has 1 rings (SSSR count). The number of methoxy groups -OCH3 is 1. The molecule has 4 heteroatoms. The van der Waals surface area contributed by atoms with E-state index in [1.807, 2.05) is 0 Å². The normalized spacial score (nSPS) is 25.6. The lowest BCUT2D eigenvalue weighted by Gasteiger charge is -2.12. The van der Waals surface area contributed by atoms with Crippen molar-refractivity contribution < 1.29 is 9.53 Å². The van der Waals surface area contributed by atoms with Crippen molar-refractivity contribution in [3.63, 3.8) is 0 Å².